The zero-order valence-electron chi connectivity index (χ0n) is 7.71. The molecule has 2 saturated heterocycles. The molecule has 0 aromatic rings. The van der Waals surface area contributed by atoms with Crippen LogP contribution in [0.15, 0.2) is 0 Å². The smallest absolute Gasteiger partial charge is 0.0675 e. The van der Waals surface area contributed by atoms with Crippen LogP contribution in [0.3, 0.4) is 0 Å². The molecule has 2 aliphatic heterocycles. The second-order valence-electron chi connectivity index (χ2n) is 4.02. The quantitative estimate of drug-likeness (QED) is 0.590. The molecule has 0 N–H and O–H groups in total. The Kier molecular flexibility index (Phi) is 1.84. The van der Waals surface area contributed by atoms with E-state index in [4.69, 9.17) is 5.26 Å². The third-order valence-electron chi connectivity index (χ3n) is 3.77. The molecule has 0 spiro atoms. The van der Waals surface area contributed by atoms with Crippen LogP contribution in [0.2, 0.25) is 0 Å². The molecule has 0 bridgehead atoms. The maximum Gasteiger partial charge on any atom is 0.0675 e. The van der Waals surface area contributed by atoms with Crippen LogP contribution >= 0.6 is 0 Å². The van der Waals surface area contributed by atoms with E-state index in [1.54, 1.807) is 0 Å². The highest BCUT2D eigenvalue weighted by Gasteiger charge is 2.49. The van der Waals surface area contributed by atoms with E-state index in [0.29, 0.717) is 5.92 Å². The molecule has 0 saturated carbocycles. The van der Waals surface area contributed by atoms with Crippen LogP contribution in [0.1, 0.15) is 32.6 Å². The van der Waals surface area contributed by atoms with Gasteiger partial charge in [0.25, 0.3) is 0 Å². The van der Waals surface area contributed by atoms with Gasteiger partial charge in [-0.25, -0.2) is 0 Å². The molecule has 0 radical (unpaired) electrons. The van der Waals surface area contributed by atoms with Crippen molar-refractivity contribution in [3.8, 4) is 6.07 Å². The molecule has 0 amide bonds. The lowest BCUT2D eigenvalue weighted by Crippen LogP contribution is -2.41. The summed E-state index contributed by atoms with van der Waals surface area (Å²) in [5.41, 5.74) is 0.286. The second kappa shape index (κ2) is 2.74. The van der Waals surface area contributed by atoms with Crippen molar-refractivity contribution in [2.75, 3.05) is 13.1 Å². The van der Waals surface area contributed by atoms with E-state index in [0.717, 1.165) is 19.4 Å². The van der Waals surface area contributed by atoms with Crippen molar-refractivity contribution in [3.63, 3.8) is 0 Å². The molecule has 0 aromatic carbocycles. The van der Waals surface area contributed by atoms with Crippen molar-refractivity contribution in [2.45, 2.75) is 38.1 Å². The van der Waals surface area contributed by atoms with Crippen molar-refractivity contribution in [3.05, 3.63) is 0 Å². The second-order valence-corrected chi connectivity index (χ2v) is 4.02. The van der Waals surface area contributed by atoms with Gasteiger partial charge in [0.2, 0.25) is 0 Å². The molecule has 2 atom stereocenters. The minimum atomic E-state index is 0.286. The molecule has 0 aliphatic carbocycles. The number of nitriles is 1. The molecular weight excluding hydrogens is 148 g/mol. The highest BCUT2D eigenvalue weighted by atomic mass is 15.2. The Morgan fingerprint density at radius 2 is 2.42 bits per heavy atom. The molecule has 0 aromatic heterocycles. The van der Waals surface area contributed by atoms with Gasteiger partial charge in [0.15, 0.2) is 0 Å². The van der Waals surface area contributed by atoms with Crippen molar-refractivity contribution in [2.24, 2.45) is 5.92 Å². The highest BCUT2D eigenvalue weighted by molar-refractivity contribution is 5.11. The Balaban J connectivity index is 2.26. The molecular formula is C10H16N2. The summed E-state index contributed by atoms with van der Waals surface area (Å²) < 4.78 is 0. The molecule has 2 fully saturated rings. The van der Waals surface area contributed by atoms with Gasteiger partial charge in [0.1, 0.15) is 0 Å². The van der Waals surface area contributed by atoms with E-state index < -0.39 is 0 Å². The predicted octanol–water partition coefficient (Wildman–Crippen LogP) is 1.77. The first kappa shape index (κ1) is 8.07. The molecule has 2 heteroatoms. The fraction of sp³-hybridized carbons (Fsp3) is 0.900. The van der Waals surface area contributed by atoms with Gasteiger partial charge >= 0.3 is 0 Å². The van der Waals surface area contributed by atoms with Gasteiger partial charge in [-0.2, -0.15) is 5.26 Å². The van der Waals surface area contributed by atoms with Crippen LogP contribution in [0.4, 0.5) is 0 Å². The van der Waals surface area contributed by atoms with E-state index in [9.17, 15) is 0 Å². The van der Waals surface area contributed by atoms with Gasteiger partial charge in [-0.3, -0.25) is 4.90 Å². The summed E-state index contributed by atoms with van der Waals surface area (Å²) in [4.78, 5) is 2.54. The highest BCUT2D eigenvalue weighted by Crippen LogP contribution is 2.44. The minimum Gasteiger partial charge on any atom is -0.296 e. The lowest BCUT2D eigenvalue weighted by atomic mass is 9.82. The maximum absolute atomic E-state index is 9.03. The Morgan fingerprint density at radius 3 is 3.08 bits per heavy atom. The molecule has 2 nitrogen and oxygen atoms in total. The summed E-state index contributed by atoms with van der Waals surface area (Å²) >= 11 is 0. The van der Waals surface area contributed by atoms with Gasteiger partial charge in [0.05, 0.1) is 12.0 Å². The fourth-order valence-electron chi connectivity index (χ4n) is 3.07. The Bertz CT molecular complexity index is 218. The van der Waals surface area contributed by atoms with Crippen molar-refractivity contribution in [1.29, 1.82) is 5.26 Å². The van der Waals surface area contributed by atoms with Crippen molar-refractivity contribution < 1.29 is 0 Å². The first-order valence-electron chi connectivity index (χ1n) is 4.98. The first-order chi connectivity index (χ1) is 5.83. The van der Waals surface area contributed by atoms with Gasteiger partial charge in [-0.15, -0.1) is 0 Å². The van der Waals surface area contributed by atoms with Crippen LogP contribution in [0.25, 0.3) is 0 Å². The van der Waals surface area contributed by atoms with Crippen LogP contribution in [0.5, 0.6) is 0 Å². The SMILES string of the molecule is CC[C@]12CCCN1CC[C@H]2C#N. The summed E-state index contributed by atoms with van der Waals surface area (Å²) in [5.74, 6) is 0.310. The van der Waals surface area contributed by atoms with E-state index in [2.05, 4.69) is 17.9 Å². The number of hydrogen-bond acceptors (Lipinski definition) is 2. The molecule has 2 heterocycles. The molecule has 66 valence electrons. The summed E-state index contributed by atoms with van der Waals surface area (Å²) in [7, 11) is 0. The van der Waals surface area contributed by atoms with Crippen LogP contribution in [0, 0.1) is 17.2 Å². The van der Waals surface area contributed by atoms with E-state index >= 15 is 0 Å². The maximum atomic E-state index is 9.03. The Hall–Kier alpha value is -0.550. The van der Waals surface area contributed by atoms with E-state index in [1.165, 1.54) is 19.4 Å². The van der Waals surface area contributed by atoms with Crippen molar-refractivity contribution >= 4 is 0 Å². The van der Waals surface area contributed by atoms with E-state index in [1.807, 2.05) is 0 Å². The molecule has 2 aliphatic rings. The molecule has 2 rings (SSSR count). The monoisotopic (exact) mass is 164 g/mol. The lowest BCUT2D eigenvalue weighted by Gasteiger charge is -2.33. The lowest BCUT2D eigenvalue weighted by molar-refractivity contribution is 0.165. The zero-order chi connectivity index (χ0) is 8.60. The molecule has 12 heavy (non-hydrogen) atoms. The fourth-order valence-corrected chi connectivity index (χ4v) is 3.07. The molecule has 0 unspecified atom stereocenters. The zero-order valence-corrected chi connectivity index (χ0v) is 7.71. The predicted molar refractivity (Wildman–Crippen MR) is 47.5 cm³/mol. The third kappa shape index (κ3) is 0.834. The van der Waals surface area contributed by atoms with Crippen LogP contribution < -0.4 is 0 Å². The Labute approximate surface area is 74.2 Å². The van der Waals surface area contributed by atoms with Gasteiger partial charge in [-0.05, 0) is 32.2 Å². The number of rotatable bonds is 1. The number of fused-ring (bicyclic) bond motifs is 1. The van der Waals surface area contributed by atoms with Gasteiger partial charge in [-0.1, -0.05) is 6.92 Å². The standard InChI is InChI=1S/C10H16N2/c1-2-10-5-3-6-12(10)7-4-9(10)8-11/h9H,2-7H2,1H3/t9-,10+/m0/s1. The summed E-state index contributed by atoms with van der Waals surface area (Å²) in [6.45, 7) is 4.62. The minimum absolute atomic E-state index is 0.286. The van der Waals surface area contributed by atoms with Crippen LogP contribution in [-0.2, 0) is 0 Å². The van der Waals surface area contributed by atoms with Gasteiger partial charge < -0.3 is 0 Å². The van der Waals surface area contributed by atoms with E-state index in [-0.39, 0.29) is 5.54 Å². The normalized spacial score (nSPS) is 41.2. The average molecular weight is 164 g/mol. The van der Waals surface area contributed by atoms with Gasteiger partial charge in [0, 0.05) is 12.1 Å². The van der Waals surface area contributed by atoms with Crippen molar-refractivity contribution in [1.82, 2.24) is 4.90 Å². The summed E-state index contributed by atoms with van der Waals surface area (Å²) in [6, 6.07) is 2.49. The first-order valence-corrected chi connectivity index (χ1v) is 4.98. The van der Waals surface area contributed by atoms with Crippen LogP contribution in [-0.4, -0.2) is 23.5 Å². The Morgan fingerprint density at radius 1 is 1.58 bits per heavy atom. The number of nitrogens with zero attached hydrogens (tertiary/aromatic N) is 2. The summed E-state index contributed by atoms with van der Waals surface area (Å²) in [6.07, 6.45) is 4.81. The topological polar surface area (TPSA) is 27.0 Å². The largest absolute Gasteiger partial charge is 0.296 e. The third-order valence-corrected chi connectivity index (χ3v) is 3.77. The summed E-state index contributed by atoms with van der Waals surface area (Å²) in [5, 5.41) is 9.03. The average Bonchev–Trinajstić information content (AvgIpc) is 2.60. The number of hydrogen-bond donors (Lipinski definition) is 0.